The molecule has 1 amide bonds. The second-order valence-corrected chi connectivity index (χ2v) is 6.81. The van der Waals surface area contributed by atoms with Gasteiger partial charge in [0.15, 0.2) is 0 Å². The lowest BCUT2D eigenvalue weighted by molar-refractivity contribution is -0.121. The summed E-state index contributed by atoms with van der Waals surface area (Å²) in [7, 11) is 0. The first-order valence-electron chi connectivity index (χ1n) is 9.43. The van der Waals surface area contributed by atoms with Gasteiger partial charge >= 0.3 is 0 Å². The number of fused-ring (bicyclic) bond motifs is 3. The van der Waals surface area contributed by atoms with Gasteiger partial charge in [-0.2, -0.15) is 5.10 Å². The van der Waals surface area contributed by atoms with Gasteiger partial charge in [0, 0.05) is 18.5 Å². The van der Waals surface area contributed by atoms with E-state index in [2.05, 4.69) is 29.2 Å². The number of rotatable bonds is 7. The van der Waals surface area contributed by atoms with Crippen LogP contribution in [0.1, 0.15) is 25.2 Å². The highest BCUT2D eigenvalue weighted by molar-refractivity contribution is 5.87. The topological polar surface area (TPSA) is 71.6 Å². The Labute approximate surface area is 158 Å². The largest absolute Gasteiger partial charge is 0.353 e. The molecule has 0 bridgehead atoms. The Hall–Kier alpha value is -2.67. The molecule has 0 unspecified atom stereocenters. The minimum Gasteiger partial charge on any atom is -0.353 e. The minimum absolute atomic E-state index is 0.0744. The molecule has 0 aliphatic rings. The van der Waals surface area contributed by atoms with Crippen LogP contribution >= 0.6 is 0 Å². The van der Waals surface area contributed by atoms with Crippen molar-refractivity contribution in [1.29, 1.82) is 0 Å². The third-order valence-electron chi connectivity index (χ3n) is 4.94. The van der Waals surface area contributed by atoms with Crippen LogP contribution < -0.4 is 10.9 Å². The van der Waals surface area contributed by atoms with Crippen molar-refractivity contribution in [3.63, 3.8) is 0 Å². The lowest BCUT2D eigenvalue weighted by atomic mass is 10.2. The first-order valence-corrected chi connectivity index (χ1v) is 9.43. The van der Waals surface area contributed by atoms with Crippen molar-refractivity contribution in [2.24, 2.45) is 0 Å². The third-order valence-corrected chi connectivity index (χ3v) is 4.94. The van der Waals surface area contributed by atoms with Crippen molar-refractivity contribution in [3.05, 3.63) is 46.0 Å². The summed E-state index contributed by atoms with van der Waals surface area (Å²) in [6, 6.07) is 7.93. The first kappa shape index (κ1) is 19.1. The number of benzene rings is 1. The highest BCUT2D eigenvalue weighted by atomic mass is 16.2. The van der Waals surface area contributed by atoms with Gasteiger partial charge in [0.2, 0.25) is 5.91 Å². The smallest absolute Gasteiger partial charge is 0.291 e. The average molecular weight is 369 g/mol. The molecule has 2 heterocycles. The Balaban J connectivity index is 1.83. The number of hydrogen-bond donors (Lipinski definition) is 1. The maximum absolute atomic E-state index is 12.8. The molecule has 0 radical (unpaired) electrons. The Morgan fingerprint density at radius 2 is 1.89 bits per heavy atom. The second-order valence-electron chi connectivity index (χ2n) is 6.81. The number of carbonyl (C=O) groups is 1. The molecule has 1 aromatic carbocycles. The van der Waals surface area contributed by atoms with E-state index < -0.39 is 0 Å². The molecule has 3 aromatic rings. The van der Waals surface area contributed by atoms with Crippen LogP contribution in [0, 0.1) is 13.8 Å². The number of nitrogens with one attached hydrogen (secondary N) is 1. The van der Waals surface area contributed by atoms with Crippen molar-refractivity contribution in [1.82, 2.24) is 24.4 Å². The molecular formula is C20H27N5O2. The van der Waals surface area contributed by atoms with Crippen LogP contribution in [-0.4, -0.2) is 51.2 Å². The summed E-state index contributed by atoms with van der Waals surface area (Å²) in [5.41, 5.74) is 2.37. The fraction of sp³-hybridized carbons (Fsp3) is 0.450. The molecule has 0 atom stereocenters. The standard InChI is InChI=1S/C20H27N5O2/c1-5-23(6-2)10-9-21-19(26)13-24-20(27)18-12-16-11-14(3)7-8-17(16)25(18)15(4)22-24/h7-8,11-12H,5-6,9-10,13H2,1-4H3,(H,21,26). The normalized spacial score (nSPS) is 11.6. The Bertz CT molecular complexity index is 1030. The molecule has 0 aliphatic heterocycles. The van der Waals surface area contributed by atoms with E-state index in [-0.39, 0.29) is 18.0 Å². The molecule has 27 heavy (non-hydrogen) atoms. The number of aryl methyl sites for hydroxylation is 2. The zero-order valence-electron chi connectivity index (χ0n) is 16.5. The summed E-state index contributed by atoms with van der Waals surface area (Å²) in [5, 5.41) is 8.23. The van der Waals surface area contributed by atoms with E-state index in [9.17, 15) is 9.59 Å². The van der Waals surface area contributed by atoms with Crippen molar-refractivity contribution >= 4 is 22.3 Å². The SMILES string of the molecule is CCN(CC)CCNC(=O)Cn1nc(C)n2c(cc3cc(C)ccc32)c1=O. The first-order chi connectivity index (χ1) is 12.9. The number of carbonyl (C=O) groups excluding carboxylic acids is 1. The van der Waals surface area contributed by atoms with E-state index in [1.807, 2.05) is 42.5 Å². The number of likely N-dealkylation sites (N-methyl/N-ethyl adjacent to an activating group) is 1. The van der Waals surface area contributed by atoms with E-state index in [0.717, 1.165) is 36.1 Å². The van der Waals surface area contributed by atoms with Crippen LogP contribution in [0.25, 0.3) is 16.4 Å². The fourth-order valence-corrected chi connectivity index (χ4v) is 3.43. The van der Waals surface area contributed by atoms with Crippen molar-refractivity contribution in [3.8, 4) is 0 Å². The van der Waals surface area contributed by atoms with Crippen molar-refractivity contribution in [2.75, 3.05) is 26.2 Å². The van der Waals surface area contributed by atoms with E-state index in [4.69, 9.17) is 0 Å². The Morgan fingerprint density at radius 3 is 2.59 bits per heavy atom. The molecule has 0 aliphatic carbocycles. The molecule has 7 heteroatoms. The highest BCUT2D eigenvalue weighted by Crippen LogP contribution is 2.20. The summed E-state index contributed by atoms with van der Waals surface area (Å²) >= 11 is 0. The van der Waals surface area contributed by atoms with Gasteiger partial charge in [-0.15, -0.1) is 0 Å². The van der Waals surface area contributed by atoms with E-state index in [1.54, 1.807) is 0 Å². The lowest BCUT2D eigenvalue weighted by Gasteiger charge is -2.18. The average Bonchev–Trinajstić information content (AvgIpc) is 3.02. The van der Waals surface area contributed by atoms with Crippen LogP contribution in [0.3, 0.4) is 0 Å². The van der Waals surface area contributed by atoms with E-state index >= 15 is 0 Å². The van der Waals surface area contributed by atoms with Gasteiger partial charge in [0.25, 0.3) is 5.56 Å². The number of hydrogen-bond acceptors (Lipinski definition) is 4. The number of amides is 1. The molecule has 0 saturated carbocycles. The van der Waals surface area contributed by atoms with Crippen LogP contribution in [0.15, 0.2) is 29.1 Å². The van der Waals surface area contributed by atoms with E-state index in [0.29, 0.717) is 17.9 Å². The monoisotopic (exact) mass is 369 g/mol. The molecule has 0 spiro atoms. The summed E-state index contributed by atoms with van der Waals surface area (Å²) in [5.74, 6) is 0.479. The zero-order chi connectivity index (χ0) is 19.6. The molecule has 7 nitrogen and oxygen atoms in total. The van der Waals surface area contributed by atoms with Gasteiger partial charge in [-0.1, -0.05) is 25.5 Å². The predicted octanol–water partition coefficient (Wildman–Crippen LogP) is 1.72. The van der Waals surface area contributed by atoms with Gasteiger partial charge in [-0.05, 0) is 45.1 Å². The van der Waals surface area contributed by atoms with Gasteiger partial charge in [-0.25, -0.2) is 4.68 Å². The van der Waals surface area contributed by atoms with Crippen LogP contribution in [0.2, 0.25) is 0 Å². The van der Waals surface area contributed by atoms with Crippen LogP contribution in [0.5, 0.6) is 0 Å². The highest BCUT2D eigenvalue weighted by Gasteiger charge is 2.14. The summed E-state index contributed by atoms with van der Waals surface area (Å²) < 4.78 is 3.11. The zero-order valence-corrected chi connectivity index (χ0v) is 16.5. The van der Waals surface area contributed by atoms with Crippen LogP contribution in [-0.2, 0) is 11.3 Å². The Kier molecular flexibility index (Phi) is 5.60. The van der Waals surface area contributed by atoms with Gasteiger partial charge in [0.05, 0.1) is 5.52 Å². The molecule has 3 rings (SSSR count). The summed E-state index contributed by atoms with van der Waals surface area (Å²) in [4.78, 5) is 27.3. The maximum Gasteiger partial charge on any atom is 0.291 e. The quantitative estimate of drug-likeness (QED) is 0.688. The van der Waals surface area contributed by atoms with Crippen LogP contribution in [0.4, 0.5) is 0 Å². The summed E-state index contributed by atoms with van der Waals surface area (Å²) in [6.07, 6.45) is 0. The maximum atomic E-state index is 12.8. The third kappa shape index (κ3) is 3.88. The van der Waals surface area contributed by atoms with Gasteiger partial charge in [-0.3, -0.25) is 14.0 Å². The molecule has 144 valence electrons. The summed E-state index contributed by atoms with van der Waals surface area (Å²) in [6.45, 7) is 11.2. The predicted molar refractivity (Wildman–Crippen MR) is 107 cm³/mol. The van der Waals surface area contributed by atoms with E-state index in [1.165, 1.54) is 4.68 Å². The molecule has 0 fully saturated rings. The molecule has 2 aromatic heterocycles. The number of aromatic nitrogens is 3. The van der Waals surface area contributed by atoms with Crippen molar-refractivity contribution in [2.45, 2.75) is 34.2 Å². The number of nitrogens with zero attached hydrogens (tertiary/aromatic N) is 4. The molecular weight excluding hydrogens is 342 g/mol. The second kappa shape index (κ2) is 7.92. The van der Waals surface area contributed by atoms with Crippen molar-refractivity contribution < 1.29 is 4.79 Å². The van der Waals surface area contributed by atoms with Gasteiger partial charge in [0.1, 0.15) is 17.9 Å². The molecule has 1 N–H and O–H groups in total. The molecule has 0 saturated heterocycles. The van der Waals surface area contributed by atoms with Gasteiger partial charge < -0.3 is 10.2 Å². The Morgan fingerprint density at radius 1 is 1.15 bits per heavy atom. The fourth-order valence-electron chi connectivity index (χ4n) is 3.43. The minimum atomic E-state index is -0.256. The lowest BCUT2D eigenvalue weighted by Crippen LogP contribution is -2.38.